The number of nitrogens with zero attached hydrogens (tertiary/aromatic N) is 1. The number of benzene rings is 3. The summed E-state index contributed by atoms with van der Waals surface area (Å²) in [4.78, 5) is 14.8. The quantitative estimate of drug-likeness (QED) is 0.0554. The molecule has 0 atom stereocenters. The molecule has 0 N–H and O–H groups in total. The zero-order chi connectivity index (χ0) is 32.9. The summed E-state index contributed by atoms with van der Waals surface area (Å²) in [5.41, 5.74) is -12.4. The lowest BCUT2D eigenvalue weighted by atomic mass is 10.1. The molecule has 44 heavy (non-hydrogen) atoms. The smallest absolute Gasteiger partial charge is 0.421 e. The minimum absolute atomic E-state index is 0.132. The van der Waals surface area contributed by atoms with Crippen LogP contribution in [-0.4, -0.2) is 34.5 Å². The molecule has 0 aliphatic heterocycles. The summed E-state index contributed by atoms with van der Waals surface area (Å²) in [6.07, 6.45) is 7.48. The molecule has 0 aliphatic carbocycles. The van der Waals surface area contributed by atoms with Gasteiger partial charge in [-0.2, -0.15) is 31.2 Å². The van der Waals surface area contributed by atoms with E-state index in [4.69, 9.17) is 9.78 Å². The van der Waals surface area contributed by atoms with Crippen molar-refractivity contribution in [2.45, 2.75) is 71.2 Å². The molecule has 0 saturated carbocycles. The molecule has 0 unspecified atom stereocenters. The van der Waals surface area contributed by atoms with E-state index in [1.165, 1.54) is 46.8 Å². The molecule has 3 aromatic rings. The van der Waals surface area contributed by atoms with E-state index in [2.05, 4.69) is 79.7 Å². The fourth-order valence-electron chi connectivity index (χ4n) is 3.42. The highest BCUT2D eigenvalue weighted by Gasteiger charge is 2.47. The Morgan fingerprint density at radius 1 is 0.614 bits per heavy atom. The van der Waals surface area contributed by atoms with Crippen molar-refractivity contribution < 1.29 is 53.0 Å². The highest BCUT2D eigenvalue weighted by molar-refractivity contribution is 8.13. The van der Waals surface area contributed by atoms with Crippen molar-refractivity contribution in [3.05, 3.63) is 89.1 Å². The van der Waals surface area contributed by atoms with E-state index in [1.807, 2.05) is 12.1 Å². The Balaban J connectivity index is 0.000000382. The minimum atomic E-state index is -6.72. The van der Waals surface area contributed by atoms with Gasteiger partial charge in [0.25, 0.3) is 0 Å². The molecule has 3 aromatic carbocycles. The van der Waals surface area contributed by atoms with Gasteiger partial charge in [-0.15, -0.1) is 0 Å². The van der Waals surface area contributed by atoms with Crippen LogP contribution in [0.3, 0.4) is 0 Å². The molecule has 0 amide bonds. The monoisotopic (exact) mass is 687 g/mol. The third-order valence-electron chi connectivity index (χ3n) is 5.53. The molecule has 0 spiro atoms. The van der Waals surface area contributed by atoms with E-state index in [0.717, 1.165) is 16.3 Å². The van der Waals surface area contributed by atoms with Gasteiger partial charge >= 0.3 is 11.0 Å². The number of sulfonamides is 2. The Bertz CT molecular complexity index is 1390. The summed E-state index contributed by atoms with van der Waals surface area (Å²) >= 11 is 0. The van der Waals surface area contributed by atoms with Crippen LogP contribution in [0.2, 0.25) is 0 Å². The maximum Gasteiger partial charge on any atom is 0.480 e. The van der Waals surface area contributed by atoms with Gasteiger partial charge in [0.15, 0.2) is 40.5 Å². The summed E-state index contributed by atoms with van der Waals surface area (Å²) in [5.74, 6) is 0.754. The van der Waals surface area contributed by atoms with Crippen LogP contribution in [-0.2, 0) is 35.8 Å². The lowest BCUT2D eigenvalue weighted by Crippen LogP contribution is -2.30. The van der Waals surface area contributed by atoms with Gasteiger partial charge < -0.3 is 9.01 Å². The van der Waals surface area contributed by atoms with Crippen LogP contribution < -0.4 is 4.89 Å². The van der Waals surface area contributed by atoms with Crippen LogP contribution >= 0.6 is 0 Å². The lowest BCUT2D eigenvalue weighted by molar-refractivity contribution is -0.207. The summed E-state index contributed by atoms with van der Waals surface area (Å²) in [6, 6.07) is 29.6. The maximum absolute atomic E-state index is 11.4. The second-order valence-corrected chi connectivity index (χ2v) is 14.4. The van der Waals surface area contributed by atoms with Crippen molar-refractivity contribution in [1.29, 1.82) is 0 Å². The van der Waals surface area contributed by atoms with E-state index in [9.17, 15) is 43.2 Å². The molecule has 3 rings (SSSR count). The van der Waals surface area contributed by atoms with E-state index in [-0.39, 0.29) is 10.9 Å². The van der Waals surface area contributed by atoms with Crippen LogP contribution in [0.15, 0.2) is 99.6 Å². The van der Waals surface area contributed by atoms with Gasteiger partial charge in [-0.25, -0.2) is 16.8 Å². The topological polar surface area (TPSA) is 101 Å². The molecule has 16 heteroatoms. The predicted molar refractivity (Wildman–Crippen MR) is 155 cm³/mol. The number of unbranched alkanes of at least 4 members (excludes halogenated alkanes) is 5. The van der Waals surface area contributed by atoms with Gasteiger partial charge in [-0.1, -0.05) is 75.4 Å². The third-order valence-corrected chi connectivity index (χ3v) is 10.5. The van der Waals surface area contributed by atoms with E-state index in [0.29, 0.717) is 6.61 Å². The second kappa shape index (κ2) is 17.1. The first-order valence-electron chi connectivity index (χ1n) is 13.2. The number of halogens is 6. The van der Waals surface area contributed by atoms with Gasteiger partial charge in [-0.05, 0) is 55.0 Å². The zero-order valence-electron chi connectivity index (χ0n) is 23.4. The normalized spacial score (nSPS) is 12.5. The number of hydrogen-bond donors (Lipinski definition) is 0. The Morgan fingerprint density at radius 3 is 1.45 bits per heavy atom. The Kier molecular flexibility index (Phi) is 14.5. The van der Waals surface area contributed by atoms with Crippen molar-refractivity contribution in [2.75, 3.05) is 6.61 Å². The second-order valence-electron chi connectivity index (χ2n) is 8.99. The summed E-state index contributed by atoms with van der Waals surface area (Å²) < 4.78 is 109. The maximum atomic E-state index is 11.4. The molecule has 0 aliphatic rings. The highest BCUT2D eigenvalue weighted by atomic mass is 32.3. The van der Waals surface area contributed by atoms with Crippen LogP contribution in [0.5, 0.6) is 5.75 Å². The lowest BCUT2D eigenvalue weighted by Gasteiger charge is -2.22. The van der Waals surface area contributed by atoms with Gasteiger partial charge in [-0.3, -0.25) is 0 Å². The standard InChI is InChI=1S/C26H31O2S.C2F6NO4S2/c1-2-3-4-5-6-13-22-27-28-23-18-20-26(21-19-23)29(24-14-9-7-10-15-24)25-16-11-8-12-17-25;3-1(4,5)14(10,11)9-15(12,13)2(6,7)8/h7-12,14-21H,2-6,13,22H2,1H3;/q+1;-1. The molecule has 0 radical (unpaired) electrons. The van der Waals surface area contributed by atoms with Gasteiger partial charge in [0.1, 0.15) is 0 Å². The van der Waals surface area contributed by atoms with Crippen molar-refractivity contribution in [2.24, 2.45) is 0 Å². The number of hydrogen-bond acceptors (Lipinski definition) is 6. The van der Waals surface area contributed by atoms with Crippen LogP contribution in [0, 0.1) is 0 Å². The Labute approximate surface area is 256 Å². The van der Waals surface area contributed by atoms with E-state index < -0.39 is 31.1 Å². The van der Waals surface area contributed by atoms with Crippen molar-refractivity contribution in [1.82, 2.24) is 0 Å². The largest absolute Gasteiger partial charge is 0.480 e. The first-order chi connectivity index (χ1) is 20.6. The van der Waals surface area contributed by atoms with Gasteiger partial charge in [0.05, 0.1) is 17.5 Å². The van der Waals surface area contributed by atoms with E-state index in [1.54, 1.807) is 0 Å². The molecular weight excluding hydrogens is 656 g/mol. The van der Waals surface area contributed by atoms with Crippen molar-refractivity contribution >= 4 is 30.9 Å². The Morgan fingerprint density at radius 2 is 1.02 bits per heavy atom. The molecule has 244 valence electrons. The first-order valence-corrected chi connectivity index (χ1v) is 17.3. The fourth-order valence-corrected chi connectivity index (χ4v) is 7.21. The first kappa shape index (κ1) is 37.4. The van der Waals surface area contributed by atoms with Crippen LogP contribution in [0.1, 0.15) is 45.4 Å². The molecule has 0 heterocycles. The summed E-state index contributed by atoms with van der Waals surface area (Å²) in [6.45, 7) is 2.89. The predicted octanol–water partition coefficient (Wildman–Crippen LogP) is 8.51. The fraction of sp³-hybridized carbons (Fsp3) is 0.357. The molecule has 0 fully saturated rings. The minimum Gasteiger partial charge on any atom is -0.421 e. The zero-order valence-corrected chi connectivity index (χ0v) is 25.9. The van der Waals surface area contributed by atoms with Crippen LogP contribution in [0.4, 0.5) is 26.3 Å². The number of alkyl halides is 6. The summed E-state index contributed by atoms with van der Waals surface area (Å²) in [7, 11) is -13.6. The average Bonchev–Trinajstić information content (AvgIpc) is 2.95. The summed E-state index contributed by atoms with van der Waals surface area (Å²) in [5, 5.41) is 0. The van der Waals surface area contributed by atoms with E-state index >= 15 is 0 Å². The van der Waals surface area contributed by atoms with Gasteiger partial charge in [0.2, 0.25) is 0 Å². The Hall–Kier alpha value is -2.79. The van der Waals surface area contributed by atoms with Crippen LogP contribution in [0.25, 0.3) is 4.13 Å². The number of rotatable bonds is 14. The molecule has 0 bridgehead atoms. The highest BCUT2D eigenvalue weighted by Crippen LogP contribution is 2.36. The third kappa shape index (κ3) is 12.0. The molecule has 7 nitrogen and oxygen atoms in total. The molecular formula is C28H31F6NO6S3. The van der Waals surface area contributed by atoms with Crippen molar-refractivity contribution in [3.8, 4) is 5.75 Å². The average molecular weight is 688 g/mol. The van der Waals surface area contributed by atoms with Gasteiger partial charge in [0, 0.05) is 0 Å². The SMILES string of the molecule is CCCCCCCCOOc1ccc([S+](c2ccccc2)c2ccccc2)cc1.O=S(=O)([N-]S(=O)(=O)C(F)(F)F)C(F)(F)F. The van der Waals surface area contributed by atoms with Crippen molar-refractivity contribution in [3.63, 3.8) is 0 Å². The molecule has 0 saturated heterocycles. The molecule has 0 aromatic heterocycles.